The highest BCUT2D eigenvalue weighted by Gasteiger charge is 2.22. The minimum absolute atomic E-state index is 0.0523. The Bertz CT molecular complexity index is 356. The number of amides is 1. The molecule has 1 N–H and O–H groups in total. The first-order chi connectivity index (χ1) is 7.49. The van der Waals surface area contributed by atoms with Crippen molar-refractivity contribution in [3.8, 4) is 6.26 Å². The highest BCUT2D eigenvalue weighted by atomic mass is 32.1. The fraction of sp³-hybridized carbons (Fsp3) is 0.727. The molecule has 0 aromatic rings. The number of ether oxygens (including phenoxy) is 2. The van der Waals surface area contributed by atoms with Crippen molar-refractivity contribution < 1.29 is 14.3 Å². The van der Waals surface area contributed by atoms with Crippen molar-refractivity contribution in [3.63, 3.8) is 0 Å². The molecule has 0 fully saturated rings. The first kappa shape index (κ1) is 15.7. The average Bonchev–Trinajstić information content (AvgIpc) is 1.96. The van der Waals surface area contributed by atoms with Gasteiger partial charge in [0, 0.05) is 12.2 Å². The predicted octanol–water partition coefficient (Wildman–Crippen LogP) is 2.90. The van der Waals surface area contributed by atoms with Gasteiger partial charge in [0.1, 0.15) is 11.2 Å². The summed E-state index contributed by atoms with van der Waals surface area (Å²) in [5.74, 6) is 0. The van der Waals surface area contributed by atoms with Gasteiger partial charge in [-0.05, 0) is 41.5 Å². The Hall–Kier alpha value is -1.35. The molecule has 0 saturated heterocycles. The lowest BCUT2D eigenvalue weighted by atomic mass is 10.2. The molecule has 0 rings (SSSR count). The van der Waals surface area contributed by atoms with Crippen LogP contribution in [0.3, 0.4) is 0 Å². The molecule has 0 aliphatic carbocycles. The topological polar surface area (TPSA) is 51.9 Å². The van der Waals surface area contributed by atoms with Crippen molar-refractivity contribution in [2.24, 2.45) is 0 Å². The summed E-state index contributed by atoms with van der Waals surface area (Å²) >= 11 is 4.79. The molecule has 0 aromatic carbocycles. The first-order valence-corrected chi connectivity index (χ1v) is 5.58. The molecular weight excluding hydrogens is 240 g/mol. The van der Waals surface area contributed by atoms with E-state index in [-0.39, 0.29) is 5.11 Å². The summed E-state index contributed by atoms with van der Waals surface area (Å²) in [6.45, 7) is 10.8. The summed E-state index contributed by atoms with van der Waals surface area (Å²) in [4.78, 5) is 14.9. The summed E-state index contributed by atoms with van der Waals surface area (Å²) < 4.78 is 10.1. The van der Waals surface area contributed by atoms with Crippen LogP contribution in [0.4, 0.5) is 4.79 Å². The van der Waals surface area contributed by atoms with E-state index in [0.717, 1.165) is 0 Å². The number of thiocarbonyl (C=S) groups is 1. The van der Waals surface area contributed by atoms with Crippen LogP contribution in [0.5, 0.6) is 0 Å². The largest absolute Gasteiger partial charge is 0.507 e. The Kier molecular flexibility index (Phi) is 5.36. The number of rotatable bonds is 0. The Morgan fingerprint density at radius 2 is 1.71 bits per heavy atom. The van der Waals surface area contributed by atoms with E-state index >= 15 is 0 Å². The number of nitrogens with one attached hydrogen (secondary N) is 1. The van der Waals surface area contributed by atoms with Gasteiger partial charge in [0.2, 0.25) is 0 Å². The second-order valence-electron chi connectivity index (χ2n) is 5.35. The fourth-order valence-electron chi connectivity index (χ4n) is 0.620. The van der Waals surface area contributed by atoms with Crippen LogP contribution in [0.15, 0.2) is 0 Å². The van der Waals surface area contributed by atoms with Gasteiger partial charge in [0.05, 0.1) is 0 Å². The number of nitrogens with zero attached hydrogens (tertiary/aromatic N) is 1. The zero-order valence-corrected chi connectivity index (χ0v) is 11.9. The molecule has 0 spiro atoms. The molecule has 0 bridgehead atoms. The third-order valence-corrected chi connectivity index (χ3v) is 1.30. The standard InChI is InChI=1S/C11H18N2O3S/c1-10(2,3)15-7-12-8(17)13-9(14)16-11(4,5)6/h1-6H3/p+1. The quantitative estimate of drug-likeness (QED) is 0.537. The van der Waals surface area contributed by atoms with Gasteiger partial charge in [-0.15, -0.1) is 10.2 Å². The van der Waals surface area contributed by atoms with E-state index in [2.05, 4.69) is 16.4 Å². The molecule has 0 unspecified atom stereocenters. The Balaban J connectivity index is 4.15. The summed E-state index contributed by atoms with van der Waals surface area (Å²) in [6, 6.07) is 0. The lowest BCUT2D eigenvalue weighted by molar-refractivity contribution is 0.0564. The maximum Gasteiger partial charge on any atom is 0.507 e. The van der Waals surface area contributed by atoms with Crippen LogP contribution in [-0.2, 0) is 9.47 Å². The van der Waals surface area contributed by atoms with Crippen LogP contribution in [0.1, 0.15) is 41.5 Å². The summed E-state index contributed by atoms with van der Waals surface area (Å²) in [5.41, 5.74) is -0.972. The molecule has 5 nitrogen and oxygen atoms in total. The normalized spacial score (nSPS) is 10.9. The average molecular weight is 259 g/mol. The minimum Gasteiger partial charge on any atom is -0.426 e. The van der Waals surface area contributed by atoms with E-state index in [1.54, 1.807) is 20.8 Å². The highest BCUT2D eigenvalue weighted by molar-refractivity contribution is 7.80. The lowest BCUT2D eigenvalue weighted by Gasteiger charge is -2.16. The second-order valence-corrected chi connectivity index (χ2v) is 5.74. The predicted molar refractivity (Wildman–Crippen MR) is 70.1 cm³/mol. The molecular formula is C11H19N2O3S+. The monoisotopic (exact) mass is 259 g/mol. The molecule has 0 radical (unpaired) electrons. The number of carbonyl (C=O) groups is 1. The van der Waals surface area contributed by atoms with Gasteiger partial charge in [-0.3, -0.25) is 0 Å². The van der Waals surface area contributed by atoms with E-state index < -0.39 is 17.3 Å². The van der Waals surface area contributed by atoms with Crippen LogP contribution in [0, 0.1) is 6.26 Å². The number of carbonyl (C=O) groups excluding carboxylic acids is 1. The van der Waals surface area contributed by atoms with E-state index in [1.807, 2.05) is 20.8 Å². The van der Waals surface area contributed by atoms with Gasteiger partial charge < -0.3 is 9.47 Å². The van der Waals surface area contributed by atoms with Gasteiger partial charge in [-0.25, -0.2) is 0 Å². The van der Waals surface area contributed by atoms with Crippen molar-refractivity contribution in [1.82, 2.24) is 5.32 Å². The Morgan fingerprint density at radius 3 is 2.12 bits per heavy atom. The fourth-order valence-corrected chi connectivity index (χ4v) is 0.741. The van der Waals surface area contributed by atoms with Crippen molar-refractivity contribution in [1.29, 1.82) is 0 Å². The van der Waals surface area contributed by atoms with E-state index in [4.69, 9.17) is 21.7 Å². The van der Waals surface area contributed by atoms with Crippen LogP contribution in [0.2, 0.25) is 0 Å². The third kappa shape index (κ3) is 10.9. The molecule has 0 atom stereocenters. The molecule has 0 aliphatic heterocycles. The van der Waals surface area contributed by atoms with E-state index in [1.165, 1.54) is 0 Å². The summed E-state index contributed by atoms with van der Waals surface area (Å²) in [7, 11) is 0. The zero-order valence-electron chi connectivity index (χ0n) is 11.1. The molecule has 0 heterocycles. The lowest BCUT2D eigenvalue weighted by Crippen LogP contribution is -2.34. The van der Waals surface area contributed by atoms with Gasteiger partial charge in [0.25, 0.3) is 0 Å². The maximum absolute atomic E-state index is 11.3. The number of alkyl carbamates (subject to hydrolysis) is 1. The number of hydrogen-bond donors (Lipinski definition) is 1. The van der Waals surface area contributed by atoms with Crippen LogP contribution in [0.25, 0.3) is 4.85 Å². The van der Waals surface area contributed by atoms with Gasteiger partial charge in [-0.1, -0.05) is 0 Å². The molecule has 1 amide bonds. The molecule has 17 heavy (non-hydrogen) atoms. The van der Waals surface area contributed by atoms with Crippen LogP contribution in [-0.4, -0.2) is 22.4 Å². The minimum atomic E-state index is -0.649. The smallest absolute Gasteiger partial charge is 0.426 e. The zero-order chi connectivity index (χ0) is 13.7. The van der Waals surface area contributed by atoms with Gasteiger partial charge in [0.15, 0.2) is 0 Å². The van der Waals surface area contributed by atoms with Gasteiger partial charge in [-0.2, -0.15) is 4.79 Å². The molecule has 96 valence electrons. The summed E-state index contributed by atoms with van der Waals surface area (Å²) in [5, 5.41) is 2.23. The van der Waals surface area contributed by atoms with E-state index in [9.17, 15) is 4.79 Å². The molecule has 6 heteroatoms. The van der Waals surface area contributed by atoms with Crippen LogP contribution >= 0.6 is 12.2 Å². The highest BCUT2D eigenvalue weighted by Crippen LogP contribution is 2.06. The van der Waals surface area contributed by atoms with Crippen molar-refractivity contribution in [3.05, 3.63) is 4.85 Å². The second kappa shape index (κ2) is 5.82. The SMILES string of the molecule is CC(C)(C)OC#[N+]C(=S)NC(=O)OC(C)(C)C. The third-order valence-electron chi connectivity index (χ3n) is 1.11. The molecule has 0 saturated carbocycles. The number of hydrogen-bond acceptors (Lipinski definition) is 4. The van der Waals surface area contributed by atoms with Crippen molar-refractivity contribution >= 4 is 23.4 Å². The Labute approximate surface area is 107 Å². The van der Waals surface area contributed by atoms with E-state index in [0.29, 0.717) is 0 Å². The van der Waals surface area contributed by atoms with Crippen molar-refractivity contribution in [2.45, 2.75) is 52.7 Å². The molecule has 0 aliphatic rings. The first-order valence-electron chi connectivity index (χ1n) is 5.17. The van der Waals surface area contributed by atoms with Crippen molar-refractivity contribution in [2.75, 3.05) is 0 Å². The summed E-state index contributed by atoms with van der Waals surface area (Å²) in [6.07, 6.45) is 1.66. The Morgan fingerprint density at radius 1 is 1.18 bits per heavy atom. The molecule has 0 aromatic heterocycles. The maximum atomic E-state index is 11.3. The van der Waals surface area contributed by atoms with Crippen LogP contribution < -0.4 is 5.32 Å². The van der Waals surface area contributed by atoms with Gasteiger partial charge >= 0.3 is 17.5 Å².